The number of imide groups is 1. The highest BCUT2D eigenvalue weighted by Crippen LogP contribution is 2.54. The number of H-pyrrole nitrogens is 1. The van der Waals surface area contributed by atoms with E-state index in [1.807, 2.05) is 44.2 Å². The molecule has 4 aromatic rings. The Morgan fingerprint density at radius 2 is 1.78 bits per heavy atom. The van der Waals surface area contributed by atoms with Crippen molar-refractivity contribution in [1.82, 2.24) is 4.98 Å². The Hall–Kier alpha value is -3.86. The number of carbonyl (C=O) groups excluding carboxylic acids is 3. The molecule has 2 N–H and O–H groups in total. The number of fused-ring (bicyclic) bond motifs is 2. The number of halogens is 1. The smallest absolute Gasteiger partial charge is 0.305 e. The first-order valence-electron chi connectivity index (χ1n) is 12.8. The summed E-state index contributed by atoms with van der Waals surface area (Å²) in [6.45, 7) is 3.53. The van der Waals surface area contributed by atoms with Crippen LogP contribution in [0, 0.1) is 19.8 Å². The SMILES string of the molecule is Cc1ccc(N2C(=O)[C@H]3[C@H](c4cc(Cl)ccc4OCC(=O)Nc4ccccc4C)c4sc(=O)[nH]c4S[C@H]3C2=O)cc1. The number of rotatable bonds is 6. The molecule has 0 aliphatic carbocycles. The maximum absolute atomic E-state index is 14.0. The molecule has 0 unspecified atom stereocenters. The first kappa shape index (κ1) is 27.3. The average molecular weight is 606 g/mol. The standard InChI is InChI=1S/C30H24ClN3O5S2/c1-15-7-10-18(11-8-15)34-28(36)24-23(25-27(33-30(38)41-25)40-26(24)29(34)37)19-13-17(31)9-12-21(19)39-14-22(35)32-20-6-4-3-5-16(20)2/h3-13,23-24,26H,14H2,1-2H3,(H,32,35)(H,33,38)/t23-,24-,26+/m0/s1. The third-order valence-electron chi connectivity index (χ3n) is 7.20. The second kappa shape index (κ2) is 10.8. The Balaban J connectivity index is 1.37. The number of amides is 3. The Bertz CT molecular complexity index is 1750. The van der Waals surface area contributed by atoms with Gasteiger partial charge < -0.3 is 15.0 Å². The molecule has 0 bridgehead atoms. The lowest BCUT2D eigenvalue weighted by molar-refractivity contribution is -0.122. The van der Waals surface area contributed by atoms with Crippen molar-refractivity contribution < 1.29 is 19.1 Å². The maximum atomic E-state index is 14.0. The summed E-state index contributed by atoms with van der Waals surface area (Å²) in [6.07, 6.45) is 0. The molecular weight excluding hydrogens is 582 g/mol. The van der Waals surface area contributed by atoms with Gasteiger partial charge in [-0.3, -0.25) is 19.2 Å². The predicted octanol–water partition coefficient (Wildman–Crippen LogP) is 5.52. The number of nitrogens with one attached hydrogen (secondary N) is 2. The van der Waals surface area contributed by atoms with Crippen LogP contribution in [0.5, 0.6) is 5.75 Å². The van der Waals surface area contributed by atoms with Crippen LogP contribution in [0.25, 0.3) is 0 Å². The van der Waals surface area contributed by atoms with E-state index in [1.54, 1.807) is 36.4 Å². The topological polar surface area (TPSA) is 109 Å². The van der Waals surface area contributed by atoms with Gasteiger partial charge in [-0.1, -0.05) is 70.6 Å². The number of aromatic amines is 1. The monoisotopic (exact) mass is 605 g/mol. The molecule has 2 aliphatic rings. The molecule has 208 valence electrons. The number of hydrogen-bond acceptors (Lipinski definition) is 7. The zero-order valence-electron chi connectivity index (χ0n) is 22.0. The van der Waals surface area contributed by atoms with Crippen LogP contribution in [0.15, 0.2) is 76.6 Å². The number of ether oxygens (including phenoxy) is 1. The van der Waals surface area contributed by atoms with Crippen molar-refractivity contribution in [2.24, 2.45) is 5.92 Å². The third-order valence-corrected chi connectivity index (χ3v) is 9.84. The van der Waals surface area contributed by atoms with Gasteiger partial charge in [0.25, 0.3) is 5.91 Å². The molecule has 1 saturated heterocycles. The highest BCUT2D eigenvalue weighted by atomic mass is 35.5. The molecule has 41 heavy (non-hydrogen) atoms. The van der Waals surface area contributed by atoms with Gasteiger partial charge in [0.2, 0.25) is 11.8 Å². The fraction of sp³-hybridized carbons (Fsp3) is 0.200. The molecule has 3 atom stereocenters. The summed E-state index contributed by atoms with van der Waals surface area (Å²) in [5, 5.41) is 3.02. The van der Waals surface area contributed by atoms with Gasteiger partial charge >= 0.3 is 4.87 Å². The molecule has 3 amide bonds. The molecule has 11 heteroatoms. The van der Waals surface area contributed by atoms with E-state index >= 15 is 0 Å². The first-order chi connectivity index (χ1) is 19.7. The number of nitrogens with zero attached hydrogens (tertiary/aromatic N) is 1. The third kappa shape index (κ3) is 5.07. The van der Waals surface area contributed by atoms with Gasteiger partial charge in [-0.15, -0.1) is 0 Å². The summed E-state index contributed by atoms with van der Waals surface area (Å²) in [6, 6.07) is 19.6. The largest absolute Gasteiger partial charge is 0.483 e. The van der Waals surface area contributed by atoms with Crippen molar-refractivity contribution in [2.45, 2.75) is 30.0 Å². The van der Waals surface area contributed by atoms with E-state index in [9.17, 15) is 19.2 Å². The summed E-state index contributed by atoms with van der Waals surface area (Å²) in [5.41, 5.74) is 3.62. The highest BCUT2D eigenvalue weighted by Gasteiger charge is 2.56. The minimum Gasteiger partial charge on any atom is -0.483 e. The summed E-state index contributed by atoms with van der Waals surface area (Å²) < 4.78 is 6.01. The number of carbonyl (C=O) groups is 3. The van der Waals surface area contributed by atoms with Gasteiger partial charge in [0.15, 0.2) is 6.61 Å². The van der Waals surface area contributed by atoms with Gasteiger partial charge in [0.05, 0.1) is 16.6 Å². The van der Waals surface area contributed by atoms with Crippen molar-refractivity contribution in [3.05, 3.63) is 103 Å². The van der Waals surface area contributed by atoms with Crippen LogP contribution in [0.4, 0.5) is 11.4 Å². The molecular formula is C30H24ClN3O5S2. The van der Waals surface area contributed by atoms with Crippen LogP contribution in [-0.4, -0.2) is 34.6 Å². The average Bonchev–Trinajstić information content (AvgIpc) is 3.44. The number of para-hydroxylation sites is 1. The number of aryl methyl sites for hydroxylation is 2. The summed E-state index contributed by atoms with van der Waals surface area (Å²) in [4.78, 5) is 57.3. The predicted molar refractivity (Wildman–Crippen MR) is 160 cm³/mol. The van der Waals surface area contributed by atoms with Crippen LogP contribution in [0.2, 0.25) is 5.02 Å². The molecule has 3 heterocycles. The van der Waals surface area contributed by atoms with Gasteiger partial charge in [-0.05, 0) is 55.8 Å². The fourth-order valence-corrected chi connectivity index (χ4v) is 7.92. The van der Waals surface area contributed by atoms with Gasteiger partial charge in [-0.2, -0.15) is 0 Å². The van der Waals surface area contributed by atoms with Crippen LogP contribution in [0.3, 0.4) is 0 Å². The summed E-state index contributed by atoms with van der Waals surface area (Å²) in [7, 11) is 0. The molecule has 0 spiro atoms. The van der Waals surface area contributed by atoms with Crippen molar-refractivity contribution >= 4 is 63.8 Å². The lowest BCUT2D eigenvalue weighted by atomic mass is 9.82. The molecule has 8 nitrogen and oxygen atoms in total. The summed E-state index contributed by atoms with van der Waals surface area (Å²) >= 11 is 8.63. The lowest BCUT2D eigenvalue weighted by Crippen LogP contribution is -2.32. The fourth-order valence-electron chi connectivity index (χ4n) is 5.24. The molecule has 1 fully saturated rings. The van der Waals surface area contributed by atoms with Crippen molar-refractivity contribution in [2.75, 3.05) is 16.8 Å². The molecule has 6 rings (SSSR count). The quantitative estimate of drug-likeness (QED) is 0.280. The van der Waals surface area contributed by atoms with Crippen molar-refractivity contribution in [1.29, 1.82) is 0 Å². The van der Waals surface area contributed by atoms with E-state index in [1.165, 1.54) is 16.7 Å². The molecule has 0 radical (unpaired) electrons. The molecule has 0 saturated carbocycles. The number of thiazole rings is 1. The zero-order valence-corrected chi connectivity index (χ0v) is 24.4. The number of benzene rings is 3. The zero-order chi connectivity index (χ0) is 28.8. The normalized spacial score (nSPS) is 19.6. The van der Waals surface area contributed by atoms with E-state index in [-0.39, 0.29) is 29.2 Å². The van der Waals surface area contributed by atoms with Crippen LogP contribution >= 0.6 is 34.7 Å². The Kier molecular flexibility index (Phi) is 7.23. The number of anilines is 2. The lowest BCUT2D eigenvalue weighted by Gasteiger charge is -2.31. The number of hydrogen-bond donors (Lipinski definition) is 2. The molecule has 3 aromatic carbocycles. The van der Waals surface area contributed by atoms with E-state index in [4.69, 9.17) is 16.3 Å². The van der Waals surface area contributed by atoms with Gasteiger partial charge in [0.1, 0.15) is 11.0 Å². The van der Waals surface area contributed by atoms with E-state index < -0.39 is 17.1 Å². The Morgan fingerprint density at radius 3 is 2.54 bits per heavy atom. The van der Waals surface area contributed by atoms with Crippen LogP contribution in [0.1, 0.15) is 27.5 Å². The number of thioether (sulfide) groups is 1. The minimum absolute atomic E-state index is 0.287. The van der Waals surface area contributed by atoms with Crippen LogP contribution < -0.4 is 19.8 Å². The van der Waals surface area contributed by atoms with Gasteiger partial charge in [-0.25, -0.2) is 4.90 Å². The Labute approximate surface area is 248 Å². The maximum Gasteiger partial charge on any atom is 0.305 e. The molecule has 1 aromatic heterocycles. The van der Waals surface area contributed by atoms with E-state index in [2.05, 4.69) is 10.3 Å². The Morgan fingerprint density at radius 1 is 1.02 bits per heavy atom. The molecule has 2 aliphatic heterocycles. The second-order valence-electron chi connectivity index (χ2n) is 9.93. The van der Waals surface area contributed by atoms with Crippen molar-refractivity contribution in [3.8, 4) is 5.75 Å². The van der Waals surface area contributed by atoms with Crippen LogP contribution in [-0.2, 0) is 14.4 Å². The minimum atomic E-state index is -0.811. The highest BCUT2D eigenvalue weighted by molar-refractivity contribution is 8.00. The second-order valence-corrected chi connectivity index (χ2v) is 12.5. The summed E-state index contributed by atoms with van der Waals surface area (Å²) in [5.74, 6) is -2.24. The van der Waals surface area contributed by atoms with Gasteiger partial charge in [0, 0.05) is 27.1 Å². The van der Waals surface area contributed by atoms with E-state index in [0.29, 0.717) is 37.6 Å². The first-order valence-corrected chi connectivity index (χ1v) is 14.9. The number of aromatic nitrogens is 1. The van der Waals surface area contributed by atoms with Crippen molar-refractivity contribution in [3.63, 3.8) is 0 Å². The van der Waals surface area contributed by atoms with E-state index in [0.717, 1.165) is 22.5 Å².